The molecular weight excluding hydrogens is 296 g/mol. The van der Waals surface area contributed by atoms with Gasteiger partial charge in [-0.3, -0.25) is 11.9 Å². The second-order valence-corrected chi connectivity index (χ2v) is 2.30. The van der Waals surface area contributed by atoms with Crippen molar-refractivity contribution in [1.29, 1.82) is 0 Å². The Hall–Kier alpha value is 0.608. The Morgan fingerprint density at radius 1 is 1.20 bits per heavy atom. The first-order chi connectivity index (χ1) is 4.20. The van der Waals surface area contributed by atoms with Crippen LogP contribution in [0.25, 0.3) is 0 Å². The van der Waals surface area contributed by atoms with Crippen LogP contribution in [0.4, 0.5) is 0 Å². The number of hydrogen-bond donors (Lipinski definition) is 0. The van der Waals surface area contributed by atoms with Crippen molar-refractivity contribution in [2.24, 2.45) is 0 Å². The summed E-state index contributed by atoms with van der Waals surface area (Å²) in [5.41, 5.74) is 0. The second-order valence-electron chi connectivity index (χ2n) is 2.30. The molecule has 0 aliphatic carbocycles. The minimum Gasteiger partial charge on any atom is -0.447 e. The molecule has 0 heterocycles. The average molecular weight is 313 g/mol. The van der Waals surface area contributed by atoms with E-state index in [1.807, 2.05) is 4.90 Å². The van der Waals surface area contributed by atoms with Gasteiger partial charge in [-0.05, 0) is 20.1 Å². The normalized spacial score (nSPS) is 10.2. The van der Waals surface area contributed by atoms with Crippen molar-refractivity contribution in [3.8, 4) is 0 Å². The second kappa shape index (κ2) is 7.71. The van der Waals surface area contributed by atoms with E-state index in [1.54, 1.807) is 0 Å². The molecule has 0 radical (unpaired) electrons. The zero-order valence-corrected chi connectivity index (χ0v) is 10.1. The third-order valence-corrected chi connectivity index (χ3v) is 1.43. The maximum Gasteiger partial charge on any atom is 0.0229 e. The molecule has 0 fully saturated rings. The Morgan fingerprint density at radius 2 is 1.70 bits per heavy atom. The molecule has 0 aromatic rings. The average Bonchev–Trinajstić information content (AvgIpc) is 1.87. The van der Waals surface area contributed by atoms with Crippen LogP contribution in [0.1, 0.15) is 13.8 Å². The van der Waals surface area contributed by atoms with Crippen LogP contribution in [-0.2, 0) is 21.1 Å². The van der Waals surface area contributed by atoms with Crippen molar-refractivity contribution in [2.75, 3.05) is 26.8 Å². The molecule has 0 aliphatic rings. The number of hydrogen-bond acceptors (Lipinski definition) is 2. The molecule has 0 N–H and O–H groups in total. The first-order valence-corrected chi connectivity index (χ1v) is 3.44. The number of nitrogens with zero attached hydrogens (tertiary/aromatic N) is 2. The molecule has 0 bridgehead atoms. The Bertz CT molecular complexity index is 60.6. The van der Waals surface area contributed by atoms with Crippen LogP contribution in [0.3, 0.4) is 0 Å². The third kappa shape index (κ3) is 6.72. The standard InChI is InChI=1S/C7H17N2.W/c1-5-8(3)7-9(4)6-2;/h3,5-7H2,1-2,4H3;/q-1;. The molecule has 0 rings (SSSR count). The summed E-state index contributed by atoms with van der Waals surface area (Å²) in [6.07, 6.45) is 0. The van der Waals surface area contributed by atoms with E-state index in [-0.39, 0.29) is 21.1 Å². The van der Waals surface area contributed by atoms with Crippen molar-refractivity contribution >= 4 is 0 Å². The summed E-state index contributed by atoms with van der Waals surface area (Å²) >= 11 is 0. The first kappa shape index (κ1) is 13.2. The van der Waals surface area contributed by atoms with Gasteiger partial charge in [0, 0.05) is 27.7 Å². The van der Waals surface area contributed by atoms with Crippen LogP contribution >= 0.6 is 0 Å². The molecule has 0 unspecified atom stereocenters. The van der Waals surface area contributed by atoms with Crippen molar-refractivity contribution in [2.45, 2.75) is 13.8 Å². The van der Waals surface area contributed by atoms with Crippen molar-refractivity contribution in [3.05, 3.63) is 7.05 Å². The van der Waals surface area contributed by atoms with Gasteiger partial charge in [0.05, 0.1) is 0 Å². The fourth-order valence-corrected chi connectivity index (χ4v) is 0.541. The molecule has 62 valence electrons. The van der Waals surface area contributed by atoms with Gasteiger partial charge in [-0.2, -0.15) is 0 Å². The van der Waals surface area contributed by atoms with Crippen LogP contribution in [0, 0.1) is 7.05 Å². The zero-order valence-electron chi connectivity index (χ0n) is 7.13. The van der Waals surface area contributed by atoms with Crippen molar-refractivity contribution < 1.29 is 21.1 Å². The molecule has 2 nitrogen and oxygen atoms in total. The molecule has 10 heavy (non-hydrogen) atoms. The summed E-state index contributed by atoms with van der Waals surface area (Å²) < 4.78 is 0. The van der Waals surface area contributed by atoms with Gasteiger partial charge in [-0.25, -0.2) is 0 Å². The largest absolute Gasteiger partial charge is 0.447 e. The first-order valence-electron chi connectivity index (χ1n) is 3.44. The zero-order chi connectivity index (χ0) is 7.28. The Kier molecular flexibility index (Phi) is 10.2. The Morgan fingerprint density at radius 3 is 2.00 bits per heavy atom. The van der Waals surface area contributed by atoms with Crippen molar-refractivity contribution in [3.63, 3.8) is 0 Å². The molecule has 0 saturated heterocycles. The van der Waals surface area contributed by atoms with Crippen LogP contribution < -0.4 is 0 Å². The maximum absolute atomic E-state index is 3.84. The van der Waals surface area contributed by atoms with E-state index in [2.05, 4.69) is 32.8 Å². The van der Waals surface area contributed by atoms with Crippen LogP contribution in [-0.4, -0.2) is 36.6 Å². The molecule has 0 atom stereocenters. The third-order valence-electron chi connectivity index (χ3n) is 1.43. The van der Waals surface area contributed by atoms with E-state index in [4.69, 9.17) is 0 Å². The molecule has 0 aliphatic heterocycles. The van der Waals surface area contributed by atoms with E-state index >= 15 is 0 Å². The van der Waals surface area contributed by atoms with Gasteiger partial charge >= 0.3 is 0 Å². The van der Waals surface area contributed by atoms with Gasteiger partial charge in [-0.15, -0.1) is 0 Å². The Labute approximate surface area is 78.8 Å². The summed E-state index contributed by atoms with van der Waals surface area (Å²) in [5, 5.41) is 0. The van der Waals surface area contributed by atoms with E-state index in [0.29, 0.717) is 0 Å². The fraction of sp³-hybridized carbons (Fsp3) is 0.857. The SMILES string of the molecule is [CH2-]N(CC)CN(C)CC.[W]. The fourth-order valence-electron chi connectivity index (χ4n) is 0.541. The predicted molar refractivity (Wildman–Crippen MR) is 40.9 cm³/mol. The van der Waals surface area contributed by atoms with Gasteiger partial charge in [0.1, 0.15) is 0 Å². The Balaban J connectivity index is 0. The summed E-state index contributed by atoms with van der Waals surface area (Å²) in [5.74, 6) is 0. The topological polar surface area (TPSA) is 6.48 Å². The molecule has 0 saturated carbocycles. The van der Waals surface area contributed by atoms with Gasteiger partial charge < -0.3 is 4.90 Å². The molecule has 0 amide bonds. The quantitative estimate of drug-likeness (QED) is 0.565. The summed E-state index contributed by atoms with van der Waals surface area (Å²) in [7, 11) is 5.93. The van der Waals surface area contributed by atoms with E-state index in [0.717, 1.165) is 19.8 Å². The van der Waals surface area contributed by atoms with Crippen LogP contribution in [0.2, 0.25) is 0 Å². The maximum atomic E-state index is 3.84. The minimum atomic E-state index is 0. The van der Waals surface area contributed by atoms with Gasteiger partial charge in [0.25, 0.3) is 0 Å². The molecule has 0 spiro atoms. The van der Waals surface area contributed by atoms with E-state index < -0.39 is 0 Å². The molecular formula is C7H17N2W-. The minimum absolute atomic E-state index is 0. The monoisotopic (exact) mass is 313 g/mol. The van der Waals surface area contributed by atoms with Crippen LogP contribution in [0.5, 0.6) is 0 Å². The molecule has 3 heteroatoms. The van der Waals surface area contributed by atoms with E-state index in [9.17, 15) is 0 Å². The van der Waals surface area contributed by atoms with E-state index in [1.165, 1.54) is 0 Å². The van der Waals surface area contributed by atoms with Gasteiger partial charge in [0.2, 0.25) is 0 Å². The number of rotatable bonds is 4. The van der Waals surface area contributed by atoms with Crippen LogP contribution in [0.15, 0.2) is 0 Å². The summed E-state index contributed by atoms with van der Waals surface area (Å²) in [6.45, 7) is 7.32. The molecule has 0 aromatic carbocycles. The predicted octanol–water partition coefficient (Wildman–Crippen LogP) is 1.01. The smallest absolute Gasteiger partial charge is 0.0229 e. The summed E-state index contributed by atoms with van der Waals surface area (Å²) in [4.78, 5) is 4.25. The van der Waals surface area contributed by atoms with Crippen molar-refractivity contribution in [1.82, 2.24) is 9.80 Å². The summed E-state index contributed by atoms with van der Waals surface area (Å²) in [6, 6.07) is 0. The van der Waals surface area contributed by atoms with Gasteiger partial charge in [0.15, 0.2) is 0 Å². The van der Waals surface area contributed by atoms with Gasteiger partial charge in [-0.1, -0.05) is 13.8 Å². The molecule has 0 aromatic heterocycles.